The van der Waals surface area contributed by atoms with Crippen LogP contribution in [0.3, 0.4) is 0 Å². The van der Waals surface area contributed by atoms with E-state index in [2.05, 4.69) is 132 Å². The number of benzene rings is 2. The van der Waals surface area contributed by atoms with Gasteiger partial charge in [-0.15, -0.1) is 11.3 Å². The van der Waals surface area contributed by atoms with E-state index in [0.29, 0.717) is 0 Å². The van der Waals surface area contributed by atoms with Crippen molar-refractivity contribution in [2.75, 3.05) is 0 Å². The van der Waals surface area contributed by atoms with Crippen LogP contribution >= 0.6 is 11.3 Å². The SMILES string of the molecule is CC(C)(C)c1ccccn1.CC(C)(C)c1nc2ccccc2o1.CC(C)(C)c1nc2ccccc2s1.CC(C)(C)c1ncccn1. The van der Waals surface area contributed by atoms with E-state index in [0.717, 1.165) is 34.0 Å². The third kappa shape index (κ3) is 11.1. The number of hydrogen-bond donors (Lipinski definition) is 0. The number of pyridine rings is 1. The summed E-state index contributed by atoms with van der Waals surface area (Å²) in [6.45, 7) is 25.7. The lowest BCUT2D eigenvalue weighted by Gasteiger charge is -2.16. The summed E-state index contributed by atoms with van der Waals surface area (Å²) in [4.78, 5) is 21.5. The van der Waals surface area contributed by atoms with Crippen LogP contribution in [-0.2, 0) is 21.7 Å². The van der Waals surface area contributed by atoms with Crippen LogP contribution in [0.4, 0.5) is 0 Å². The van der Waals surface area contributed by atoms with Gasteiger partial charge in [-0.25, -0.2) is 19.9 Å². The Kier molecular flexibility index (Phi) is 12.0. The molecule has 4 heterocycles. The fourth-order valence-electron chi connectivity index (χ4n) is 3.88. The van der Waals surface area contributed by atoms with Gasteiger partial charge in [0.1, 0.15) is 11.3 Å². The fourth-order valence-corrected chi connectivity index (χ4v) is 4.90. The zero-order valence-corrected chi connectivity index (χ0v) is 30.5. The molecule has 0 fully saturated rings. The van der Waals surface area contributed by atoms with Crippen LogP contribution in [0.5, 0.6) is 0 Å². The van der Waals surface area contributed by atoms with E-state index in [-0.39, 0.29) is 21.7 Å². The number of nitrogens with zero attached hydrogens (tertiary/aromatic N) is 5. The summed E-state index contributed by atoms with van der Waals surface area (Å²) >= 11 is 1.79. The van der Waals surface area contributed by atoms with Crippen LogP contribution in [0.2, 0.25) is 0 Å². The fraction of sp³-hybridized carbons (Fsp3) is 0.410. The van der Waals surface area contributed by atoms with Gasteiger partial charge in [-0.3, -0.25) is 4.98 Å². The molecule has 6 rings (SSSR count). The van der Waals surface area contributed by atoms with Gasteiger partial charge in [0.15, 0.2) is 5.58 Å². The van der Waals surface area contributed by atoms with Crippen LogP contribution in [0.25, 0.3) is 21.3 Å². The largest absolute Gasteiger partial charge is 0.440 e. The molecule has 0 bridgehead atoms. The molecule has 0 saturated carbocycles. The second-order valence-corrected chi connectivity index (χ2v) is 16.3. The van der Waals surface area contributed by atoms with Crippen molar-refractivity contribution in [1.29, 1.82) is 0 Å². The molecule has 0 atom stereocenters. The van der Waals surface area contributed by atoms with E-state index < -0.39 is 0 Å². The summed E-state index contributed by atoms with van der Waals surface area (Å²) in [7, 11) is 0. The lowest BCUT2D eigenvalue weighted by Crippen LogP contribution is -2.14. The van der Waals surface area contributed by atoms with Crippen molar-refractivity contribution >= 4 is 32.7 Å². The Morgan fingerprint density at radius 3 is 1.52 bits per heavy atom. The Bertz CT molecular complexity index is 1570. The van der Waals surface area contributed by atoms with Gasteiger partial charge < -0.3 is 4.42 Å². The maximum Gasteiger partial charge on any atom is 0.200 e. The molecule has 244 valence electrons. The Morgan fingerprint density at radius 2 is 1.07 bits per heavy atom. The molecule has 0 amide bonds. The molecule has 6 aromatic rings. The normalized spacial score (nSPS) is 11.9. The summed E-state index contributed by atoms with van der Waals surface area (Å²) in [6, 6.07) is 24.0. The Hall–Kier alpha value is -3.97. The minimum Gasteiger partial charge on any atom is -0.440 e. The first kappa shape index (κ1) is 36.5. The van der Waals surface area contributed by atoms with E-state index in [4.69, 9.17) is 4.42 Å². The summed E-state index contributed by atoms with van der Waals surface area (Å²) in [5.41, 5.74) is 4.48. The molecule has 0 aliphatic heterocycles. The minimum atomic E-state index is -0.0149. The molecule has 0 aliphatic carbocycles. The second-order valence-electron chi connectivity index (χ2n) is 15.3. The van der Waals surface area contributed by atoms with Crippen molar-refractivity contribution in [2.45, 2.75) is 105 Å². The number of oxazole rings is 1. The molecular weight excluding hydrogens is 587 g/mol. The summed E-state index contributed by atoms with van der Waals surface area (Å²) in [5.74, 6) is 1.70. The number of aromatic nitrogens is 5. The van der Waals surface area contributed by atoms with E-state index in [1.54, 1.807) is 23.7 Å². The lowest BCUT2D eigenvalue weighted by molar-refractivity contribution is 0.411. The lowest BCUT2D eigenvalue weighted by atomic mass is 9.92. The molecule has 0 N–H and O–H groups in total. The molecule has 2 aromatic carbocycles. The van der Waals surface area contributed by atoms with Crippen LogP contribution in [0.1, 0.15) is 106 Å². The third-order valence-electron chi connectivity index (χ3n) is 6.54. The van der Waals surface area contributed by atoms with Crippen LogP contribution < -0.4 is 0 Å². The first-order valence-corrected chi connectivity index (χ1v) is 16.6. The Balaban J connectivity index is 0.000000168. The average molecular weight is 638 g/mol. The summed E-state index contributed by atoms with van der Waals surface area (Å²) < 4.78 is 6.91. The van der Waals surface area contributed by atoms with Gasteiger partial charge in [-0.05, 0) is 42.5 Å². The van der Waals surface area contributed by atoms with Gasteiger partial charge in [0.25, 0.3) is 0 Å². The Labute approximate surface area is 279 Å². The maximum atomic E-state index is 5.62. The predicted octanol–water partition coefficient (Wildman–Crippen LogP) is 10.9. The number of fused-ring (bicyclic) bond motifs is 2. The highest BCUT2D eigenvalue weighted by atomic mass is 32.1. The standard InChI is InChI=1S/C11H13NO.C11H13NS.C9H13N.C8H12N2/c2*1-11(2,3)10-12-8-6-4-5-7-9(8)13-10;1-9(2,3)8-6-4-5-7-10-8;1-8(2,3)7-9-5-4-6-10-7/h2*4-7H,1-3H3;4-7H,1-3H3;4-6H,1-3H3. The van der Waals surface area contributed by atoms with E-state index >= 15 is 0 Å². The van der Waals surface area contributed by atoms with Crippen molar-refractivity contribution in [3.8, 4) is 0 Å². The van der Waals surface area contributed by atoms with Crippen LogP contribution in [0.15, 0.2) is 95.8 Å². The molecule has 6 nitrogen and oxygen atoms in total. The average Bonchev–Trinajstić information content (AvgIpc) is 3.64. The smallest absolute Gasteiger partial charge is 0.200 e. The van der Waals surface area contributed by atoms with Crippen molar-refractivity contribution in [3.63, 3.8) is 0 Å². The van der Waals surface area contributed by atoms with Gasteiger partial charge in [-0.1, -0.05) is 113 Å². The van der Waals surface area contributed by atoms with E-state index in [1.165, 1.54) is 9.71 Å². The molecule has 0 unspecified atom stereocenters. The van der Waals surface area contributed by atoms with Gasteiger partial charge in [0.2, 0.25) is 5.89 Å². The Morgan fingerprint density at radius 1 is 0.500 bits per heavy atom. The molecule has 0 saturated heterocycles. The highest BCUT2D eigenvalue weighted by molar-refractivity contribution is 7.18. The monoisotopic (exact) mass is 637 g/mol. The second kappa shape index (κ2) is 15.1. The van der Waals surface area contributed by atoms with Gasteiger partial charge in [-0.2, -0.15) is 0 Å². The van der Waals surface area contributed by atoms with Gasteiger partial charge >= 0.3 is 0 Å². The van der Waals surface area contributed by atoms with Crippen molar-refractivity contribution in [3.05, 3.63) is 114 Å². The van der Waals surface area contributed by atoms with Crippen LogP contribution in [-0.4, -0.2) is 24.9 Å². The zero-order valence-electron chi connectivity index (χ0n) is 29.7. The van der Waals surface area contributed by atoms with E-state index in [1.807, 2.05) is 54.7 Å². The molecule has 4 aromatic heterocycles. The molecule has 0 spiro atoms. The number of thiazole rings is 1. The van der Waals surface area contributed by atoms with Crippen molar-refractivity contribution in [1.82, 2.24) is 24.9 Å². The molecule has 0 aliphatic rings. The first-order chi connectivity index (χ1) is 21.4. The van der Waals surface area contributed by atoms with E-state index in [9.17, 15) is 0 Å². The van der Waals surface area contributed by atoms with Crippen LogP contribution in [0, 0.1) is 0 Å². The quantitative estimate of drug-likeness (QED) is 0.165. The molecular formula is C39H51N5OS. The third-order valence-corrected chi connectivity index (χ3v) is 8.00. The maximum absolute atomic E-state index is 5.62. The van der Waals surface area contributed by atoms with Gasteiger partial charge in [0.05, 0.1) is 15.2 Å². The molecule has 7 heteroatoms. The summed E-state index contributed by atoms with van der Waals surface area (Å²) in [5, 5.41) is 1.22. The number of rotatable bonds is 0. The molecule has 46 heavy (non-hydrogen) atoms. The van der Waals surface area contributed by atoms with Gasteiger partial charge in [0, 0.05) is 45.9 Å². The van der Waals surface area contributed by atoms with Crippen molar-refractivity contribution < 1.29 is 4.42 Å². The highest BCUT2D eigenvalue weighted by Gasteiger charge is 2.21. The topological polar surface area (TPSA) is 77.6 Å². The molecule has 0 radical (unpaired) electrons. The van der Waals surface area contributed by atoms with Crippen molar-refractivity contribution in [2.24, 2.45) is 0 Å². The zero-order chi connectivity index (χ0) is 34.2. The minimum absolute atomic E-state index is 0.0149. The number of hydrogen-bond acceptors (Lipinski definition) is 7. The predicted molar refractivity (Wildman–Crippen MR) is 195 cm³/mol. The highest BCUT2D eigenvalue weighted by Crippen LogP contribution is 2.30. The number of para-hydroxylation sites is 3. The summed E-state index contributed by atoms with van der Waals surface area (Å²) in [6.07, 6.45) is 5.38. The first-order valence-electron chi connectivity index (χ1n) is 15.8.